The van der Waals surface area contributed by atoms with Crippen LogP contribution >= 0.6 is 0 Å². The molecule has 1 N–H and O–H groups in total. The molecule has 2 aromatic rings. The minimum absolute atomic E-state index is 0.145. The van der Waals surface area contributed by atoms with Crippen LogP contribution in [-0.2, 0) is 5.92 Å². The highest BCUT2D eigenvalue weighted by Gasteiger charge is 2.32. The molecule has 0 aliphatic carbocycles. The first-order valence-corrected chi connectivity index (χ1v) is 5.29. The van der Waals surface area contributed by atoms with E-state index in [0.29, 0.717) is 5.56 Å². The van der Waals surface area contributed by atoms with Crippen molar-refractivity contribution in [1.29, 1.82) is 0 Å². The van der Waals surface area contributed by atoms with Crippen molar-refractivity contribution in [3.63, 3.8) is 0 Å². The molecule has 0 saturated heterocycles. The van der Waals surface area contributed by atoms with Crippen LogP contribution in [0.2, 0.25) is 0 Å². The number of hydrogen-bond donors (Lipinski definition) is 1. The Morgan fingerprint density at radius 3 is 2.12 bits per heavy atom. The number of rotatable bonds is 3. The fourth-order valence-corrected chi connectivity index (χ4v) is 1.76. The van der Waals surface area contributed by atoms with Crippen LogP contribution in [0.5, 0.6) is 0 Å². The molecule has 0 fully saturated rings. The van der Waals surface area contributed by atoms with E-state index in [-0.39, 0.29) is 5.56 Å². The summed E-state index contributed by atoms with van der Waals surface area (Å²) in [5.74, 6) is -3.22. The highest BCUT2D eigenvalue weighted by molar-refractivity contribution is 5.68. The largest absolute Gasteiger partial charge is 0.390 e. The highest BCUT2D eigenvalue weighted by atomic mass is 19.3. The molecule has 1 nitrogen and oxygen atoms in total. The molecule has 0 unspecified atom stereocenters. The molecule has 0 spiro atoms. The monoisotopic (exact) mass is 234 g/mol. The minimum Gasteiger partial charge on any atom is -0.390 e. The topological polar surface area (TPSA) is 20.2 Å². The second-order valence-electron chi connectivity index (χ2n) is 3.77. The van der Waals surface area contributed by atoms with Gasteiger partial charge in [0, 0.05) is 5.56 Å². The maximum atomic E-state index is 13.6. The Labute approximate surface area is 98.3 Å². The molecule has 0 amide bonds. The van der Waals surface area contributed by atoms with Crippen LogP contribution in [0.3, 0.4) is 0 Å². The average molecular weight is 234 g/mol. The lowest BCUT2D eigenvalue weighted by Gasteiger charge is -2.17. The van der Waals surface area contributed by atoms with E-state index in [0.717, 1.165) is 5.56 Å². The van der Waals surface area contributed by atoms with Gasteiger partial charge in [-0.05, 0) is 11.1 Å². The first kappa shape index (κ1) is 11.7. The molecule has 0 radical (unpaired) electrons. The molecular weight excluding hydrogens is 222 g/mol. The molecular formula is C14H12F2O. The third-order valence-electron chi connectivity index (χ3n) is 2.60. The fourth-order valence-electron chi connectivity index (χ4n) is 1.76. The van der Waals surface area contributed by atoms with Crippen LogP contribution in [0.1, 0.15) is 5.56 Å². The lowest BCUT2D eigenvalue weighted by atomic mass is 9.96. The molecule has 0 aromatic heterocycles. The Morgan fingerprint density at radius 1 is 0.882 bits per heavy atom. The Hall–Kier alpha value is -1.74. The average Bonchev–Trinajstić information content (AvgIpc) is 2.40. The van der Waals surface area contributed by atoms with Crippen molar-refractivity contribution in [3.05, 3.63) is 60.2 Å². The lowest BCUT2D eigenvalue weighted by molar-refractivity contribution is -0.0551. The summed E-state index contributed by atoms with van der Waals surface area (Å²) in [4.78, 5) is 0. The van der Waals surface area contributed by atoms with Gasteiger partial charge in [0.25, 0.3) is 5.92 Å². The van der Waals surface area contributed by atoms with E-state index in [1.807, 2.05) is 6.07 Å². The third kappa shape index (κ3) is 2.34. The van der Waals surface area contributed by atoms with Crippen LogP contribution in [0, 0.1) is 0 Å². The van der Waals surface area contributed by atoms with Gasteiger partial charge in [-0.2, -0.15) is 8.78 Å². The van der Waals surface area contributed by atoms with E-state index in [2.05, 4.69) is 0 Å². The van der Waals surface area contributed by atoms with Gasteiger partial charge in [-0.3, -0.25) is 0 Å². The number of aliphatic hydroxyl groups is 1. The SMILES string of the molecule is OCC(F)(F)c1ccccc1-c1ccccc1. The third-order valence-corrected chi connectivity index (χ3v) is 2.60. The maximum absolute atomic E-state index is 13.6. The molecule has 0 aliphatic rings. The first-order chi connectivity index (χ1) is 8.15. The van der Waals surface area contributed by atoms with Gasteiger partial charge in [0.1, 0.15) is 6.61 Å². The molecule has 0 aliphatic heterocycles. The van der Waals surface area contributed by atoms with Gasteiger partial charge in [-0.25, -0.2) is 0 Å². The lowest BCUT2D eigenvalue weighted by Crippen LogP contribution is -2.19. The standard InChI is InChI=1S/C14H12F2O/c15-14(16,10-17)13-9-5-4-8-12(13)11-6-2-1-3-7-11/h1-9,17H,10H2. The number of benzene rings is 2. The molecule has 17 heavy (non-hydrogen) atoms. The first-order valence-electron chi connectivity index (χ1n) is 5.29. The molecule has 0 bridgehead atoms. The van der Waals surface area contributed by atoms with Crippen LogP contribution in [0.15, 0.2) is 54.6 Å². The van der Waals surface area contributed by atoms with Crippen molar-refractivity contribution in [2.24, 2.45) is 0 Å². The number of alkyl halides is 2. The minimum atomic E-state index is -3.22. The smallest absolute Gasteiger partial charge is 0.296 e. The zero-order valence-electron chi connectivity index (χ0n) is 9.11. The second-order valence-corrected chi connectivity index (χ2v) is 3.77. The Bertz CT molecular complexity index is 495. The van der Waals surface area contributed by atoms with E-state index < -0.39 is 12.5 Å². The number of halogens is 2. The van der Waals surface area contributed by atoms with Crippen molar-refractivity contribution >= 4 is 0 Å². The van der Waals surface area contributed by atoms with Crippen molar-refractivity contribution in [2.45, 2.75) is 5.92 Å². The predicted octanol–water partition coefficient (Wildman–Crippen LogP) is 3.44. The van der Waals surface area contributed by atoms with Gasteiger partial charge < -0.3 is 5.11 Å². The summed E-state index contributed by atoms with van der Waals surface area (Å²) < 4.78 is 27.2. The second kappa shape index (κ2) is 4.63. The highest BCUT2D eigenvalue weighted by Crippen LogP contribution is 2.35. The fraction of sp³-hybridized carbons (Fsp3) is 0.143. The quantitative estimate of drug-likeness (QED) is 0.862. The van der Waals surface area contributed by atoms with Gasteiger partial charge >= 0.3 is 0 Å². The number of aliphatic hydroxyl groups excluding tert-OH is 1. The summed E-state index contributed by atoms with van der Waals surface area (Å²) in [5.41, 5.74) is 1.03. The van der Waals surface area contributed by atoms with Gasteiger partial charge in [0.05, 0.1) is 0 Å². The Balaban J connectivity index is 2.56. The van der Waals surface area contributed by atoms with Crippen LogP contribution in [0.25, 0.3) is 11.1 Å². The van der Waals surface area contributed by atoms with Gasteiger partial charge in [-0.1, -0.05) is 54.6 Å². The zero-order chi connectivity index (χ0) is 12.3. The van der Waals surface area contributed by atoms with E-state index in [4.69, 9.17) is 5.11 Å². The summed E-state index contributed by atoms with van der Waals surface area (Å²) in [5, 5.41) is 8.77. The number of hydrogen-bond acceptors (Lipinski definition) is 1. The van der Waals surface area contributed by atoms with Crippen LogP contribution < -0.4 is 0 Å². The molecule has 0 saturated carbocycles. The normalized spacial score (nSPS) is 11.5. The summed E-state index contributed by atoms with van der Waals surface area (Å²) in [6.45, 7) is -1.18. The maximum Gasteiger partial charge on any atom is 0.296 e. The summed E-state index contributed by atoms with van der Waals surface area (Å²) in [6, 6.07) is 15.2. The molecule has 2 rings (SSSR count). The van der Waals surface area contributed by atoms with Crippen molar-refractivity contribution in [2.75, 3.05) is 6.61 Å². The Morgan fingerprint density at radius 2 is 1.47 bits per heavy atom. The molecule has 0 heterocycles. The van der Waals surface area contributed by atoms with Crippen molar-refractivity contribution in [1.82, 2.24) is 0 Å². The molecule has 3 heteroatoms. The summed E-state index contributed by atoms with van der Waals surface area (Å²) in [7, 11) is 0. The molecule has 2 aromatic carbocycles. The van der Waals surface area contributed by atoms with Gasteiger partial charge in [-0.15, -0.1) is 0 Å². The van der Waals surface area contributed by atoms with Gasteiger partial charge in [0.15, 0.2) is 0 Å². The van der Waals surface area contributed by atoms with E-state index in [1.165, 1.54) is 6.07 Å². The van der Waals surface area contributed by atoms with Crippen LogP contribution in [-0.4, -0.2) is 11.7 Å². The van der Waals surface area contributed by atoms with Crippen LogP contribution in [0.4, 0.5) is 8.78 Å². The zero-order valence-corrected chi connectivity index (χ0v) is 9.11. The van der Waals surface area contributed by atoms with E-state index in [1.54, 1.807) is 42.5 Å². The predicted molar refractivity (Wildman–Crippen MR) is 62.9 cm³/mol. The van der Waals surface area contributed by atoms with Crippen molar-refractivity contribution < 1.29 is 13.9 Å². The molecule has 88 valence electrons. The molecule has 0 atom stereocenters. The van der Waals surface area contributed by atoms with Crippen molar-refractivity contribution in [3.8, 4) is 11.1 Å². The van der Waals surface area contributed by atoms with Gasteiger partial charge in [0.2, 0.25) is 0 Å². The Kier molecular flexibility index (Phi) is 3.20. The summed E-state index contributed by atoms with van der Waals surface area (Å²) >= 11 is 0. The summed E-state index contributed by atoms with van der Waals surface area (Å²) in [6.07, 6.45) is 0. The van der Waals surface area contributed by atoms with E-state index >= 15 is 0 Å². The van der Waals surface area contributed by atoms with E-state index in [9.17, 15) is 8.78 Å².